The van der Waals surface area contributed by atoms with Gasteiger partial charge in [-0.25, -0.2) is 0 Å². The monoisotopic (exact) mass is 330 g/mol. The first kappa shape index (κ1) is 12.4. The van der Waals surface area contributed by atoms with Gasteiger partial charge in [0.05, 0.1) is 0 Å². The average molecular weight is 329 g/mol. The Labute approximate surface area is 108 Å². The average Bonchev–Trinajstić information content (AvgIpc) is 2.37. The molecular weight excluding hydrogens is 311 g/mol. The first-order valence-electron chi connectivity index (χ1n) is 5.87. The zero-order valence-electron chi connectivity index (χ0n) is 10.5. The topological polar surface area (TPSA) is 0 Å². The third kappa shape index (κ3) is 2.19. The number of rotatable bonds is 3. The molecule has 0 heterocycles. The van der Waals surface area contributed by atoms with Crippen molar-refractivity contribution in [2.45, 2.75) is 9.88 Å². The predicted octanol–water partition coefficient (Wildman–Crippen LogP) is 4.04. The van der Waals surface area contributed by atoms with Crippen molar-refractivity contribution in [2.75, 3.05) is 0 Å². The molecule has 0 amide bonds. The van der Waals surface area contributed by atoms with Gasteiger partial charge in [-0.3, -0.25) is 0 Å². The molecular formula is C16H18Sn. The molecule has 2 rings (SSSR count). The quantitative estimate of drug-likeness (QED) is 0.589. The SMILES string of the molecule is C=C[C](=C)[Sn]([CH3])([CH3])[c]1cccc2ccccc12. The molecule has 0 aliphatic rings. The van der Waals surface area contributed by atoms with Crippen molar-refractivity contribution in [3.8, 4) is 0 Å². The van der Waals surface area contributed by atoms with Crippen LogP contribution in [0.3, 0.4) is 0 Å². The van der Waals surface area contributed by atoms with Gasteiger partial charge in [0.1, 0.15) is 0 Å². The molecule has 86 valence electrons. The number of hydrogen-bond donors (Lipinski definition) is 0. The number of allylic oxidation sites excluding steroid dienone is 2. The second-order valence-electron chi connectivity index (χ2n) is 4.88. The van der Waals surface area contributed by atoms with E-state index in [2.05, 4.69) is 65.5 Å². The molecule has 2 aromatic rings. The van der Waals surface area contributed by atoms with Crippen LogP contribution in [-0.4, -0.2) is 18.4 Å². The Balaban J connectivity index is 2.71. The summed E-state index contributed by atoms with van der Waals surface area (Å²) in [5, 5.41) is 2.71. The molecule has 0 radical (unpaired) electrons. The third-order valence-electron chi connectivity index (χ3n) is 3.51. The molecule has 0 nitrogen and oxygen atoms in total. The Bertz CT molecular complexity index is 574. The fourth-order valence-electron chi connectivity index (χ4n) is 2.20. The van der Waals surface area contributed by atoms with Crippen molar-refractivity contribution in [2.24, 2.45) is 0 Å². The molecule has 0 aliphatic carbocycles. The minimum absolute atomic E-state index is 1.26. The minimum atomic E-state index is -2.47. The van der Waals surface area contributed by atoms with Crippen LogP contribution in [0, 0.1) is 0 Å². The van der Waals surface area contributed by atoms with E-state index < -0.39 is 18.4 Å². The van der Waals surface area contributed by atoms with E-state index in [0.29, 0.717) is 0 Å². The van der Waals surface area contributed by atoms with Crippen LogP contribution < -0.4 is 3.58 Å². The molecule has 0 saturated carbocycles. The van der Waals surface area contributed by atoms with Crippen molar-refractivity contribution in [1.29, 1.82) is 0 Å². The van der Waals surface area contributed by atoms with Crippen LogP contribution in [0.15, 0.2) is 65.3 Å². The third-order valence-corrected chi connectivity index (χ3v) is 13.8. The first-order chi connectivity index (χ1) is 8.07. The maximum absolute atomic E-state index is 4.20. The van der Waals surface area contributed by atoms with Gasteiger partial charge >= 0.3 is 108 Å². The fraction of sp³-hybridized carbons (Fsp3) is 0.125. The molecule has 0 bridgehead atoms. The standard InChI is InChI=1S/C10H7.C4H5.2CH3.Sn/c1-2-6-10-8-4-3-7-9(10)5-1;1-3-4-2;;;/h1-7H;3H,1-2H2;2*1H3;. The van der Waals surface area contributed by atoms with E-state index in [0.717, 1.165) is 0 Å². The zero-order chi connectivity index (χ0) is 12.5. The van der Waals surface area contributed by atoms with Gasteiger partial charge in [0.2, 0.25) is 0 Å². The van der Waals surface area contributed by atoms with Crippen molar-refractivity contribution in [3.63, 3.8) is 0 Å². The zero-order valence-corrected chi connectivity index (χ0v) is 13.4. The van der Waals surface area contributed by atoms with Crippen LogP contribution in [0.5, 0.6) is 0 Å². The summed E-state index contributed by atoms with van der Waals surface area (Å²) in [7, 11) is 0. The van der Waals surface area contributed by atoms with Crippen molar-refractivity contribution >= 4 is 32.7 Å². The van der Waals surface area contributed by atoms with E-state index in [4.69, 9.17) is 0 Å². The van der Waals surface area contributed by atoms with Gasteiger partial charge in [0, 0.05) is 0 Å². The number of hydrogen-bond acceptors (Lipinski definition) is 0. The second kappa shape index (κ2) is 4.69. The maximum atomic E-state index is 4.20. The Morgan fingerprint density at radius 2 is 1.71 bits per heavy atom. The molecule has 0 atom stereocenters. The summed E-state index contributed by atoms with van der Waals surface area (Å²) in [5.41, 5.74) is 0. The summed E-state index contributed by atoms with van der Waals surface area (Å²) < 4.78 is 2.78. The van der Waals surface area contributed by atoms with Gasteiger partial charge in [0.25, 0.3) is 0 Å². The molecule has 0 N–H and O–H groups in total. The van der Waals surface area contributed by atoms with Gasteiger partial charge in [-0.15, -0.1) is 0 Å². The van der Waals surface area contributed by atoms with Crippen LogP contribution >= 0.6 is 0 Å². The van der Waals surface area contributed by atoms with Crippen LogP contribution in [-0.2, 0) is 0 Å². The van der Waals surface area contributed by atoms with Crippen LogP contribution in [0.2, 0.25) is 9.88 Å². The molecule has 0 aliphatic heterocycles. The predicted molar refractivity (Wildman–Crippen MR) is 80.4 cm³/mol. The fourth-order valence-corrected chi connectivity index (χ4v) is 8.68. The number of benzene rings is 2. The van der Waals surface area contributed by atoms with Crippen LogP contribution in [0.1, 0.15) is 0 Å². The summed E-state index contributed by atoms with van der Waals surface area (Å²) in [6.45, 7) is 8.09. The Morgan fingerprint density at radius 1 is 1.06 bits per heavy atom. The first-order valence-corrected chi connectivity index (χ1v) is 14.4. The van der Waals surface area contributed by atoms with E-state index in [1.165, 1.54) is 17.9 Å². The normalized spacial score (nSPS) is 11.4. The van der Waals surface area contributed by atoms with E-state index in [9.17, 15) is 0 Å². The summed E-state index contributed by atoms with van der Waals surface area (Å²) >= 11 is -2.47. The molecule has 1 heteroatoms. The van der Waals surface area contributed by atoms with Gasteiger partial charge in [-0.05, 0) is 0 Å². The molecule has 0 saturated heterocycles. The number of fused-ring (bicyclic) bond motifs is 1. The van der Waals surface area contributed by atoms with Crippen LogP contribution in [0.25, 0.3) is 10.8 Å². The van der Waals surface area contributed by atoms with Gasteiger partial charge < -0.3 is 0 Å². The molecule has 0 fully saturated rings. The second-order valence-corrected chi connectivity index (χ2v) is 17.5. The van der Waals surface area contributed by atoms with Crippen molar-refractivity contribution < 1.29 is 0 Å². The molecule has 2 aromatic carbocycles. The van der Waals surface area contributed by atoms with Crippen molar-refractivity contribution in [3.05, 3.63) is 65.3 Å². The Morgan fingerprint density at radius 3 is 2.41 bits per heavy atom. The molecule has 0 aromatic heterocycles. The van der Waals surface area contributed by atoms with Crippen molar-refractivity contribution in [1.82, 2.24) is 0 Å². The van der Waals surface area contributed by atoms with E-state index >= 15 is 0 Å². The summed E-state index contributed by atoms with van der Waals surface area (Å²) in [6, 6.07) is 15.2. The summed E-state index contributed by atoms with van der Waals surface area (Å²) in [4.78, 5) is 4.81. The molecule has 0 unspecified atom stereocenters. The summed E-state index contributed by atoms with van der Waals surface area (Å²) in [5.74, 6) is 0. The summed E-state index contributed by atoms with van der Waals surface area (Å²) in [6.07, 6.45) is 1.94. The van der Waals surface area contributed by atoms with Gasteiger partial charge in [-0.1, -0.05) is 0 Å². The molecule has 17 heavy (non-hydrogen) atoms. The van der Waals surface area contributed by atoms with E-state index in [1.807, 2.05) is 6.08 Å². The Kier molecular flexibility index (Phi) is 3.43. The molecule has 0 spiro atoms. The Hall–Kier alpha value is -1.02. The van der Waals surface area contributed by atoms with E-state index in [1.54, 1.807) is 0 Å². The van der Waals surface area contributed by atoms with Gasteiger partial charge in [0.15, 0.2) is 0 Å². The van der Waals surface area contributed by atoms with Gasteiger partial charge in [-0.2, -0.15) is 0 Å². The van der Waals surface area contributed by atoms with E-state index in [-0.39, 0.29) is 0 Å². The van der Waals surface area contributed by atoms with Crippen LogP contribution in [0.4, 0.5) is 0 Å².